The molecule has 22 heavy (non-hydrogen) atoms. The lowest BCUT2D eigenvalue weighted by Crippen LogP contribution is -2.45. The smallest absolute Gasteiger partial charge is 0.373 e. The van der Waals surface area contributed by atoms with Crippen LogP contribution in [-0.2, 0) is 21.7 Å². The number of ketones is 1. The number of guanidine groups is 1. The molecule has 0 saturated carbocycles. The van der Waals surface area contributed by atoms with Gasteiger partial charge in [-0.1, -0.05) is 24.3 Å². The number of aliphatic carboxylic acids is 1. The van der Waals surface area contributed by atoms with E-state index in [1.54, 1.807) is 31.2 Å². The molecule has 0 aliphatic carbocycles. The zero-order valence-corrected chi connectivity index (χ0v) is 12.3. The van der Waals surface area contributed by atoms with E-state index in [4.69, 9.17) is 28.0 Å². The second-order valence-electron chi connectivity index (χ2n) is 5.30. The Balaban J connectivity index is 3.04. The Morgan fingerprint density at radius 2 is 1.91 bits per heavy atom. The van der Waals surface area contributed by atoms with Gasteiger partial charge >= 0.3 is 5.97 Å². The maximum absolute atomic E-state index is 11.4. The molecule has 8 heteroatoms. The van der Waals surface area contributed by atoms with E-state index < -0.39 is 23.3 Å². The number of hydrogen-bond acceptors (Lipinski definition) is 5. The van der Waals surface area contributed by atoms with Gasteiger partial charge in [-0.3, -0.25) is 4.79 Å². The van der Waals surface area contributed by atoms with Crippen LogP contribution in [0.5, 0.6) is 0 Å². The molecule has 1 aromatic rings. The standard InChI is InChI=1S/C14H21N5O3/c1-14(18,6-10(15)11(20)12(21)22)9-5-3-2-4-8(9)7-19-13(16)17/h2-5,10H,6-7,15,18H2,1H3,(H,21,22)(H4,16,17,19)/t10-,14?/m0/s1. The number of aliphatic imine (C=N–C) groups is 1. The summed E-state index contributed by atoms with van der Waals surface area (Å²) >= 11 is 0. The third-order valence-electron chi connectivity index (χ3n) is 3.26. The minimum absolute atomic E-state index is 0.0169. The van der Waals surface area contributed by atoms with E-state index in [0.717, 1.165) is 5.56 Å². The average molecular weight is 307 g/mol. The van der Waals surface area contributed by atoms with Crippen LogP contribution in [0.4, 0.5) is 0 Å². The lowest BCUT2D eigenvalue weighted by molar-refractivity contribution is -0.149. The molecule has 0 saturated heterocycles. The number of hydrogen-bond donors (Lipinski definition) is 5. The van der Waals surface area contributed by atoms with E-state index in [1.807, 2.05) is 0 Å². The summed E-state index contributed by atoms with van der Waals surface area (Å²) in [6, 6.07) is 5.97. The Morgan fingerprint density at radius 1 is 1.32 bits per heavy atom. The summed E-state index contributed by atoms with van der Waals surface area (Å²) in [5, 5.41) is 8.70. The number of carboxylic acid groups (broad SMARTS) is 1. The number of Topliss-reactive ketones (excluding diaryl/α,β-unsaturated/α-hetero) is 1. The molecule has 2 atom stereocenters. The molecular formula is C14H21N5O3. The molecule has 0 radical (unpaired) electrons. The van der Waals surface area contributed by atoms with E-state index in [0.29, 0.717) is 5.56 Å². The van der Waals surface area contributed by atoms with Gasteiger partial charge in [-0.05, 0) is 24.5 Å². The molecule has 0 heterocycles. The van der Waals surface area contributed by atoms with Crippen molar-refractivity contribution < 1.29 is 14.7 Å². The quantitative estimate of drug-likeness (QED) is 0.244. The van der Waals surface area contributed by atoms with Crippen LogP contribution in [0.15, 0.2) is 29.3 Å². The summed E-state index contributed by atoms with van der Waals surface area (Å²) in [7, 11) is 0. The minimum atomic E-state index is -1.57. The summed E-state index contributed by atoms with van der Waals surface area (Å²) in [5.74, 6) is -2.69. The van der Waals surface area contributed by atoms with Gasteiger partial charge in [0.05, 0.1) is 12.6 Å². The maximum Gasteiger partial charge on any atom is 0.373 e. The molecule has 0 amide bonds. The highest BCUT2D eigenvalue weighted by atomic mass is 16.4. The average Bonchev–Trinajstić information content (AvgIpc) is 2.43. The molecule has 120 valence electrons. The number of nitrogens with zero attached hydrogens (tertiary/aromatic N) is 1. The van der Waals surface area contributed by atoms with Crippen LogP contribution in [0, 0.1) is 0 Å². The number of carbonyl (C=O) groups excluding carboxylic acids is 1. The van der Waals surface area contributed by atoms with Crippen LogP contribution in [0.25, 0.3) is 0 Å². The summed E-state index contributed by atoms with van der Waals surface area (Å²) in [4.78, 5) is 26.0. The van der Waals surface area contributed by atoms with Gasteiger partial charge in [-0.2, -0.15) is 0 Å². The Bertz CT molecular complexity index is 594. The Kier molecular flexibility index (Phi) is 5.61. The molecule has 0 aromatic heterocycles. The SMILES string of the molecule is CC(N)(C[C@H](N)C(=O)C(=O)O)c1ccccc1CN=C(N)N. The second-order valence-corrected chi connectivity index (χ2v) is 5.30. The largest absolute Gasteiger partial charge is 0.475 e. The molecule has 1 rings (SSSR count). The molecule has 0 aliphatic rings. The third kappa shape index (κ3) is 4.54. The predicted octanol–water partition coefficient (Wildman–Crippen LogP) is -0.995. The lowest BCUT2D eigenvalue weighted by atomic mass is 9.83. The molecule has 1 unspecified atom stereocenters. The molecule has 9 N–H and O–H groups in total. The summed E-state index contributed by atoms with van der Waals surface area (Å²) in [6.45, 7) is 1.91. The summed E-state index contributed by atoms with van der Waals surface area (Å²) in [6.07, 6.45) is -0.0169. The molecule has 1 aromatic carbocycles. The van der Waals surface area contributed by atoms with Gasteiger partial charge in [0.15, 0.2) is 5.96 Å². The molecule has 0 bridgehead atoms. The lowest BCUT2D eigenvalue weighted by Gasteiger charge is -2.29. The van der Waals surface area contributed by atoms with E-state index in [2.05, 4.69) is 4.99 Å². The van der Waals surface area contributed by atoms with Crippen molar-refractivity contribution in [3.05, 3.63) is 35.4 Å². The predicted molar refractivity (Wildman–Crippen MR) is 82.7 cm³/mol. The van der Waals surface area contributed by atoms with E-state index >= 15 is 0 Å². The zero-order chi connectivity index (χ0) is 16.9. The van der Waals surface area contributed by atoms with Crippen molar-refractivity contribution in [1.29, 1.82) is 0 Å². The van der Waals surface area contributed by atoms with Gasteiger partial charge in [0.1, 0.15) is 0 Å². The highest BCUT2D eigenvalue weighted by Crippen LogP contribution is 2.27. The number of carboxylic acids is 1. The Hall–Kier alpha value is -2.45. The second kappa shape index (κ2) is 7.01. The number of benzene rings is 1. The fraction of sp³-hybridized carbons (Fsp3) is 0.357. The van der Waals surface area contributed by atoms with Crippen LogP contribution in [0.1, 0.15) is 24.5 Å². The monoisotopic (exact) mass is 307 g/mol. The van der Waals surface area contributed by atoms with Crippen molar-refractivity contribution in [2.45, 2.75) is 31.5 Å². The normalized spacial score (nSPS) is 14.7. The summed E-state index contributed by atoms with van der Waals surface area (Å²) in [5.41, 5.74) is 23.0. The van der Waals surface area contributed by atoms with E-state index in [9.17, 15) is 9.59 Å². The van der Waals surface area contributed by atoms with Crippen molar-refractivity contribution in [2.75, 3.05) is 0 Å². The first-order chi connectivity index (χ1) is 10.1. The zero-order valence-electron chi connectivity index (χ0n) is 12.3. The fourth-order valence-electron chi connectivity index (χ4n) is 2.21. The summed E-state index contributed by atoms with van der Waals surface area (Å²) < 4.78 is 0. The highest BCUT2D eigenvalue weighted by Gasteiger charge is 2.31. The van der Waals surface area contributed by atoms with Crippen molar-refractivity contribution in [3.63, 3.8) is 0 Å². The Morgan fingerprint density at radius 3 is 2.45 bits per heavy atom. The van der Waals surface area contributed by atoms with Crippen LogP contribution in [0.2, 0.25) is 0 Å². The fourth-order valence-corrected chi connectivity index (χ4v) is 2.21. The van der Waals surface area contributed by atoms with Gasteiger partial charge < -0.3 is 28.0 Å². The van der Waals surface area contributed by atoms with Crippen molar-refractivity contribution in [2.24, 2.45) is 27.9 Å². The van der Waals surface area contributed by atoms with Gasteiger partial charge in [0.25, 0.3) is 5.78 Å². The first-order valence-corrected chi connectivity index (χ1v) is 6.60. The third-order valence-corrected chi connectivity index (χ3v) is 3.26. The van der Waals surface area contributed by atoms with Gasteiger partial charge in [0, 0.05) is 5.54 Å². The van der Waals surface area contributed by atoms with Gasteiger partial charge in [0.2, 0.25) is 0 Å². The van der Waals surface area contributed by atoms with Crippen LogP contribution in [-0.4, -0.2) is 28.9 Å². The number of nitrogens with two attached hydrogens (primary N) is 4. The van der Waals surface area contributed by atoms with Gasteiger partial charge in [-0.25, -0.2) is 9.79 Å². The first kappa shape index (κ1) is 17.6. The van der Waals surface area contributed by atoms with Crippen LogP contribution >= 0.6 is 0 Å². The molecular weight excluding hydrogens is 286 g/mol. The van der Waals surface area contributed by atoms with Crippen LogP contribution in [0.3, 0.4) is 0 Å². The highest BCUT2D eigenvalue weighted by molar-refractivity contribution is 6.34. The van der Waals surface area contributed by atoms with E-state index in [1.165, 1.54) is 0 Å². The van der Waals surface area contributed by atoms with Crippen molar-refractivity contribution >= 4 is 17.7 Å². The minimum Gasteiger partial charge on any atom is -0.475 e. The van der Waals surface area contributed by atoms with Crippen LogP contribution < -0.4 is 22.9 Å². The Labute approximate surface area is 128 Å². The van der Waals surface area contributed by atoms with Gasteiger partial charge in [-0.15, -0.1) is 0 Å². The maximum atomic E-state index is 11.4. The number of rotatable bonds is 7. The van der Waals surface area contributed by atoms with Crippen molar-refractivity contribution in [3.8, 4) is 0 Å². The molecule has 0 fully saturated rings. The number of carbonyl (C=O) groups is 2. The topological polar surface area (TPSA) is 171 Å². The van der Waals surface area contributed by atoms with Crippen molar-refractivity contribution in [1.82, 2.24) is 0 Å². The molecule has 0 aliphatic heterocycles. The first-order valence-electron chi connectivity index (χ1n) is 6.60. The molecule has 8 nitrogen and oxygen atoms in total. The molecule has 0 spiro atoms. The van der Waals surface area contributed by atoms with E-state index in [-0.39, 0.29) is 18.9 Å².